The number of hydrogen-bond acceptors (Lipinski definition) is 3. The van der Waals surface area contributed by atoms with Gasteiger partial charge in [0.15, 0.2) is 0 Å². The van der Waals surface area contributed by atoms with Gasteiger partial charge in [0, 0.05) is 11.4 Å². The van der Waals surface area contributed by atoms with Crippen LogP contribution in [0.15, 0.2) is 78.9 Å². The van der Waals surface area contributed by atoms with Crippen molar-refractivity contribution in [1.29, 1.82) is 0 Å². The number of nitrogens with one attached hydrogen (secondary N) is 1. The Morgan fingerprint density at radius 2 is 1.61 bits per heavy atom. The van der Waals surface area contributed by atoms with E-state index in [1.165, 1.54) is 5.56 Å². The number of ether oxygens (including phenoxy) is 1. The molecule has 0 aliphatic carbocycles. The highest BCUT2D eigenvalue weighted by Crippen LogP contribution is 2.37. The molecule has 1 aliphatic rings. The Labute approximate surface area is 165 Å². The molecule has 4 nitrogen and oxygen atoms in total. The number of anilines is 2. The van der Waals surface area contributed by atoms with Crippen LogP contribution in [0.3, 0.4) is 0 Å². The molecule has 0 saturated heterocycles. The molecule has 0 spiro atoms. The second-order valence-electron chi connectivity index (χ2n) is 7.27. The minimum absolute atomic E-state index is 0.00933. The van der Waals surface area contributed by atoms with E-state index in [2.05, 4.69) is 24.4 Å². The molecule has 0 radical (unpaired) electrons. The van der Waals surface area contributed by atoms with Crippen molar-refractivity contribution in [1.82, 2.24) is 0 Å². The fourth-order valence-electron chi connectivity index (χ4n) is 3.81. The van der Waals surface area contributed by atoms with Gasteiger partial charge in [-0.15, -0.1) is 0 Å². The van der Waals surface area contributed by atoms with Gasteiger partial charge in [0.25, 0.3) is 5.91 Å². The van der Waals surface area contributed by atoms with E-state index in [0.29, 0.717) is 5.56 Å². The molecule has 0 saturated carbocycles. The molecule has 1 aliphatic heterocycles. The third kappa shape index (κ3) is 3.33. The van der Waals surface area contributed by atoms with Gasteiger partial charge in [-0.05, 0) is 61.7 Å². The Hall–Kier alpha value is -3.27. The van der Waals surface area contributed by atoms with E-state index < -0.39 is 5.66 Å². The molecular weight excluding hydrogens is 348 g/mol. The Morgan fingerprint density at radius 3 is 2.32 bits per heavy atom. The Morgan fingerprint density at radius 1 is 0.929 bits per heavy atom. The van der Waals surface area contributed by atoms with Crippen molar-refractivity contribution in [2.75, 3.05) is 17.3 Å². The molecule has 1 atom stereocenters. The predicted molar refractivity (Wildman–Crippen MR) is 113 cm³/mol. The van der Waals surface area contributed by atoms with Crippen molar-refractivity contribution < 1.29 is 9.53 Å². The molecule has 1 amide bonds. The molecule has 4 rings (SSSR count). The molecule has 142 valence electrons. The van der Waals surface area contributed by atoms with Crippen LogP contribution in [-0.4, -0.2) is 18.7 Å². The van der Waals surface area contributed by atoms with Crippen LogP contribution in [-0.2, 0) is 6.42 Å². The second kappa shape index (κ2) is 7.39. The van der Waals surface area contributed by atoms with E-state index in [0.717, 1.165) is 30.0 Å². The second-order valence-corrected chi connectivity index (χ2v) is 7.27. The van der Waals surface area contributed by atoms with E-state index in [4.69, 9.17) is 4.74 Å². The summed E-state index contributed by atoms with van der Waals surface area (Å²) >= 11 is 0. The number of para-hydroxylation sites is 1. The Balaban J connectivity index is 1.72. The average Bonchev–Trinajstić information content (AvgIpc) is 2.74. The maximum absolute atomic E-state index is 13.5. The lowest BCUT2D eigenvalue weighted by Gasteiger charge is -2.46. The first-order valence-electron chi connectivity index (χ1n) is 9.50. The summed E-state index contributed by atoms with van der Waals surface area (Å²) in [6.07, 6.45) is 1.65. The predicted octanol–water partition coefficient (Wildman–Crippen LogP) is 5.12. The molecule has 1 heterocycles. The minimum Gasteiger partial charge on any atom is -0.497 e. The van der Waals surface area contributed by atoms with Crippen molar-refractivity contribution in [2.24, 2.45) is 0 Å². The van der Waals surface area contributed by atoms with Gasteiger partial charge in [0.05, 0.1) is 12.7 Å². The molecule has 0 bridgehead atoms. The summed E-state index contributed by atoms with van der Waals surface area (Å²) in [5.74, 6) is 0.780. The van der Waals surface area contributed by atoms with Crippen molar-refractivity contribution in [2.45, 2.75) is 25.4 Å². The van der Waals surface area contributed by atoms with Crippen LogP contribution in [0.2, 0.25) is 0 Å². The van der Waals surface area contributed by atoms with Crippen LogP contribution in [0, 0.1) is 0 Å². The van der Waals surface area contributed by atoms with E-state index in [1.807, 2.05) is 71.6 Å². The summed E-state index contributed by atoms with van der Waals surface area (Å²) in [4.78, 5) is 15.3. The van der Waals surface area contributed by atoms with Crippen molar-refractivity contribution in [3.63, 3.8) is 0 Å². The van der Waals surface area contributed by atoms with Gasteiger partial charge >= 0.3 is 0 Å². The number of methoxy groups -OCH3 is 1. The summed E-state index contributed by atoms with van der Waals surface area (Å²) < 4.78 is 5.28. The largest absolute Gasteiger partial charge is 0.497 e. The van der Waals surface area contributed by atoms with Gasteiger partial charge in [-0.2, -0.15) is 0 Å². The normalized spacial score (nSPS) is 18.4. The van der Waals surface area contributed by atoms with Gasteiger partial charge < -0.3 is 10.1 Å². The summed E-state index contributed by atoms with van der Waals surface area (Å²) in [6.45, 7) is 2.09. The van der Waals surface area contributed by atoms with E-state index in [1.54, 1.807) is 7.11 Å². The van der Waals surface area contributed by atoms with Gasteiger partial charge in [-0.3, -0.25) is 9.69 Å². The molecule has 28 heavy (non-hydrogen) atoms. The first kappa shape index (κ1) is 18.1. The maximum atomic E-state index is 13.5. The first-order chi connectivity index (χ1) is 13.6. The highest BCUT2D eigenvalue weighted by molar-refractivity contribution is 6.12. The number of rotatable bonds is 5. The summed E-state index contributed by atoms with van der Waals surface area (Å²) in [5, 5.41) is 3.63. The lowest BCUT2D eigenvalue weighted by Crippen LogP contribution is -2.58. The molecule has 0 aromatic heterocycles. The minimum atomic E-state index is -0.546. The molecule has 4 heteroatoms. The van der Waals surface area contributed by atoms with E-state index in [9.17, 15) is 4.79 Å². The van der Waals surface area contributed by atoms with Crippen LogP contribution in [0.5, 0.6) is 5.75 Å². The molecule has 3 aromatic carbocycles. The maximum Gasteiger partial charge on any atom is 0.262 e. The zero-order valence-electron chi connectivity index (χ0n) is 16.2. The summed E-state index contributed by atoms with van der Waals surface area (Å²) in [5.41, 5.74) is 3.13. The van der Waals surface area contributed by atoms with Crippen molar-refractivity contribution in [3.8, 4) is 5.75 Å². The van der Waals surface area contributed by atoms with Crippen LogP contribution in [0.1, 0.15) is 29.3 Å². The van der Waals surface area contributed by atoms with E-state index in [-0.39, 0.29) is 5.91 Å². The number of nitrogens with zero attached hydrogens (tertiary/aromatic N) is 1. The number of carbonyl (C=O) groups is 1. The number of carbonyl (C=O) groups excluding carboxylic acids is 1. The van der Waals surface area contributed by atoms with Crippen LogP contribution < -0.4 is 15.0 Å². The highest BCUT2D eigenvalue weighted by atomic mass is 16.5. The number of amides is 1. The Kier molecular flexibility index (Phi) is 4.78. The summed E-state index contributed by atoms with van der Waals surface area (Å²) in [7, 11) is 1.64. The zero-order valence-corrected chi connectivity index (χ0v) is 16.2. The fourth-order valence-corrected chi connectivity index (χ4v) is 3.81. The monoisotopic (exact) mass is 372 g/mol. The topological polar surface area (TPSA) is 41.6 Å². The van der Waals surface area contributed by atoms with Gasteiger partial charge in [0.2, 0.25) is 0 Å². The zero-order chi connectivity index (χ0) is 19.6. The van der Waals surface area contributed by atoms with Crippen LogP contribution in [0.25, 0.3) is 0 Å². The average molecular weight is 372 g/mol. The summed E-state index contributed by atoms with van der Waals surface area (Å²) in [6, 6.07) is 25.7. The third-order valence-corrected chi connectivity index (χ3v) is 5.33. The third-order valence-electron chi connectivity index (χ3n) is 5.33. The first-order valence-corrected chi connectivity index (χ1v) is 9.50. The van der Waals surface area contributed by atoms with Gasteiger partial charge in [-0.1, -0.05) is 42.5 Å². The van der Waals surface area contributed by atoms with Crippen molar-refractivity contribution in [3.05, 3.63) is 90.0 Å². The molecule has 0 fully saturated rings. The number of fused-ring (bicyclic) bond motifs is 1. The molecule has 1 N–H and O–H groups in total. The number of hydrogen-bond donors (Lipinski definition) is 1. The smallest absolute Gasteiger partial charge is 0.262 e. The molecular formula is C24H24N2O2. The van der Waals surface area contributed by atoms with E-state index >= 15 is 0 Å². The quantitative estimate of drug-likeness (QED) is 0.676. The van der Waals surface area contributed by atoms with Gasteiger partial charge in [-0.25, -0.2) is 0 Å². The highest BCUT2D eigenvalue weighted by Gasteiger charge is 2.41. The lowest BCUT2D eigenvalue weighted by atomic mass is 9.93. The Bertz CT molecular complexity index is 969. The number of aryl methyl sites for hydroxylation is 1. The van der Waals surface area contributed by atoms with Gasteiger partial charge in [0.1, 0.15) is 11.4 Å². The fraction of sp³-hybridized carbons (Fsp3) is 0.208. The molecule has 1 unspecified atom stereocenters. The van der Waals surface area contributed by atoms with Crippen LogP contribution in [0.4, 0.5) is 11.4 Å². The van der Waals surface area contributed by atoms with Crippen molar-refractivity contribution >= 4 is 17.3 Å². The standard InChI is InChI=1S/C24H24N2O2/c1-24(17-16-18-8-4-3-5-9-18)25-22-11-7-6-10-21(22)23(27)26(24)19-12-14-20(28-2)15-13-19/h3-15,25H,16-17H2,1-2H3. The SMILES string of the molecule is COc1ccc(N2C(=O)c3ccccc3NC2(C)CCc2ccccc2)cc1. The lowest BCUT2D eigenvalue weighted by molar-refractivity contribution is 0.0955. The van der Waals surface area contributed by atoms with Crippen LogP contribution >= 0.6 is 0 Å². The molecule has 3 aromatic rings. The number of benzene rings is 3.